The summed E-state index contributed by atoms with van der Waals surface area (Å²) in [6.07, 6.45) is 9.88. The first-order chi connectivity index (χ1) is 33.3. The molecule has 0 radical (unpaired) electrons. The van der Waals surface area contributed by atoms with Crippen LogP contribution in [0.3, 0.4) is 0 Å². The van der Waals surface area contributed by atoms with Gasteiger partial charge in [0.1, 0.15) is 46.0 Å². The SMILES string of the molecule is CCC(CCC(CC)CC(C1NCCc2c(OC)ccc(OC)c21)C1NCCc2c(OC)ccc(OC)c21)CC(C1NCCc2c(OC)ccc(OC)c21)C1NCCc2c(OC)ccc(OC)c21. The quantitative estimate of drug-likeness (QED) is 0.0637. The maximum atomic E-state index is 6.19. The molecular formula is C56H78N4O8. The Labute approximate surface area is 405 Å². The van der Waals surface area contributed by atoms with Gasteiger partial charge in [0, 0.05) is 68.7 Å². The van der Waals surface area contributed by atoms with Crippen molar-refractivity contribution in [3.05, 3.63) is 93.0 Å². The van der Waals surface area contributed by atoms with E-state index in [-0.39, 0.29) is 36.0 Å². The highest BCUT2D eigenvalue weighted by molar-refractivity contribution is 5.57. The molecule has 4 N–H and O–H groups in total. The molecule has 0 aromatic heterocycles. The van der Waals surface area contributed by atoms with E-state index in [0.717, 1.165) is 136 Å². The summed E-state index contributed by atoms with van der Waals surface area (Å²) < 4.78 is 48.9. The molecule has 12 heteroatoms. The van der Waals surface area contributed by atoms with Gasteiger partial charge in [-0.15, -0.1) is 0 Å². The Morgan fingerprint density at radius 1 is 0.368 bits per heavy atom. The van der Waals surface area contributed by atoms with Gasteiger partial charge in [-0.3, -0.25) is 0 Å². The second-order valence-corrected chi connectivity index (χ2v) is 19.1. The van der Waals surface area contributed by atoms with Crippen LogP contribution in [0, 0.1) is 23.7 Å². The number of benzene rings is 4. The normalized spacial score (nSPS) is 21.4. The van der Waals surface area contributed by atoms with Gasteiger partial charge in [0.25, 0.3) is 0 Å². The fourth-order valence-corrected chi connectivity index (χ4v) is 12.8. The van der Waals surface area contributed by atoms with Gasteiger partial charge in [0.05, 0.1) is 56.9 Å². The van der Waals surface area contributed by atoms with Gasteiger partial charge in [-0.2, -0.15) is 0 Å². The minimum Gasteiger partial charge on any atom is -0.496 e. The van der Waals surface area contributed by atoms with Crippen LogP contribution in [0.15, 0.2) is 48.5 Å². The van der Waals surface area contributed by atoms with Gasteiger partial charge in [0.15, 0.2) is 0 Å². The molecule has 68 heavy (non-hydrogen) atoms. The number of fused-ring (bicyclic) bond motifs is 4. The molecule has 12 nitrogen and oxygen atoms in total. The van der Waals surface area contributed by atoms with Crippen molar-refractivity contribution >= 4 is 0 Å². The lowest BCUT2D eigenvalue weighted by atomic mass is 9.70. The Hall–Kier alpha value is -4.88. The molecule has 0 amide bonds. The van der Waals surface area contributed by atoms with Gasteiger partial charge in [-0.25, -0.2) is 0 Å². The third kappa shape index (κ3) is 9.55. The molecule has 4 aliphatic heterocycles. The molecule has 0 fully saturated rings. The minimum atomic E-state index is 0.0115. The molecule has 0 spiro atoms. The molecule has 8 rings (SSSR count). The minimum absolute atomic E-state index is 0.0115. The summed E-state index contributed by atoms with van der Waals surface area (Å²) in [5, 5.41) is 16.2. The molecule has 4 aromatic carbocycles. The number of hydrogen-bond donors (Lipinski definition) is 4. The average molecular weight is 935 g/mol. The zero-order valence-corrected chi connectivity index (χ0v) is 42.4. The second-order valence-electron chi connectivity index (χ2n) is 19.1. The molecule has 0 saturated heterocycles. The standard InChI is InChI=1S/C56H78N4O8/c1-11-33(31-39(53-49-35(23-27-57-53)41(61-3)15-19-45(49)65-7)54-50-36(24-28-58-54)42(62-4)16-20-46(50)66-8)13-14-34(12-2)32-40(55-51-37(25-29-59-55)43(63-5)17-21-47(51)67-9)56-52-38(26-30-60-56)44(64-6)18-22-48(52)68-10/h15-22,33-34,39-40,53-60H,11-14,23-32H2,1-10H3. The van der Waals surface area contributed by atoms with E-state index in [4.69, 9.17) is 37.9 Å². The van der Waals surface area contributed by atoms with Crippen molar-refractivity contribution in [1.29, 1.82) is 0 Å². The van der Waals surface area contributed by atoms with Crippen molar-refractivity contribution in [1.82, 2.24) is 21.3 Å². The van der Waals surface area contributed by atoms with Crippen LogP contribution in [0.2, 0.25) is 0 Å². The van der Waals surface area contributed by atoms with Gasteiger partial charge in [0.2, 0.25) is 0 Å². The van der Waals surface area contributed by atoms with Gasteiger partial charge < -0.3 is 59.2 Å². The topological polar surface area (TPSA) is 122 Å². The molecule has 0 saturated carbocycles. The first-order valence-corrected chi connectivity index (χ1v) is 25.2. The summed E-state index contributed by atoms with van der Waals surface area (Å²) >= 11 is 0. The zero-order chi connectivity index (χ0) is 47.9. The van der Waals surface area contributed by atoms with Gasteiger partial charge in [-0.05, 0) is 137 Å². The van der Waals surface area contributed by atoms with Gasteiger partial charge >= 0.3 is 0 Å². The molecule has 370 valence electrons. The summed E-state index contributed by atoms with van der Waals surface area (Å²) in [6, 6.07) is 16.6. The molecule has 4 aromatic rings. The predicted octanol–water partition coefficient (Wildman–Crippen LogP) is 9.45. The summed E-state index contributed by atoms with van der Waals surface area (Å²) in [7, 11) is 14.3. The molecule has 4 heterocycles. The van der Waals surface area contributed by atoms with E-state index in [1.165, 1.54) is 44.5 Å². The van der Waals surface area contributed by atoms with Crippen LogP contribution in [0.1, 0.15) is 121 Å². The maximum Gasteiger partial charge on any atom is 0.124 e. The summed E-state index contributed by atoms with van der Waals surface area (Å²) in [5.74, 6) is 8.53. The number of ether oxygens (including phenoxy) is 8. The van der Waals surface area contributed by atoms with Crippen molar-refractivity contribution in [2.24, 2.45) is 23.7 Å². The van der Waals surface area contributed by atoms with E-state index in [1.54, 1.807) is 56.9 Å². The average Bonchev–Trinajstić information content (AvgIpc) is 3.39. The monoisotopic (exact) mass is 935 g/mol. The molecule has 6 atom stereocenters. The summed E-state index contributed by atoms with van der Waals surface area (Å²) in [6.45, 7) is 8.18. The largest absolute Gasteiger partial charge is 0.496 e. The Kier molecular flexibility index (Phi) is 16.5. The molecular weight excluding hydrogens is 857 g/mol. The van der Waals surface area contributed by atoms with E-state index < -0.39 is 0 Å². The van der Waals surface area contributed by atoms with E-state index in [0.29, 0.717) is 11.8 Å². The van der Waals surface area contributed by atoms with Crippen LogP contribution in [-0.2, 0) is 25.7 Å². The lowest BCUT2D eigenvalue weighted by molar-refractivity contribution is 0.176. The van der Waals surface area contributed by atoms with Gasteiger partial charge in [-0.1, -0.05) is 39.5 Å². The highest BCUT2D eigenvalue weighted by Gasteiger charge is 2.44. The predicted molar refractivity (Wildman–Crippen MR) is 269 cm³/mol. The van der Waals surface area contributed by atoms with Crippen LogP contribution in [-0.4, -0.2) is 83.1 Å². The van der Waals surface area contributed by atoms with E-state index in [9.17, 15) is 0 Å². The fourth-order valence-electron chi connectivity index (χ4n) is 12.8. The number of hydrogen-bond acceptors (Lipinski definition) is 12. The van der Waals surface area contributed by atoms with Crippen molar-refractivity contribution in [3.63, 3.8) is 0 Å². The molecule has 6 unspecified atom stereocenters. The van der Waals surface area contributed by atoms with Crippen LogP contribution in [0.5, 0.6) is 46.0 Å². The highest BCUT2D eigenvalue weighted by Crippen LogP contribution is 2.53. The van der Waals surface area contributed by atoms with Crippen molar-refractivity contribution in [2.45, 2.75) is 102 Å². The van der Waals surface area contributed by atoms with Crippen LogP contribution < -0.4 is 59.2 Å². The lowest BCUT2D eigenvalue weighted by Crippen LogP contribution is -2.44. The third-order valence-electron chi connectivity index (χ3n) is 16.1. The second kappa shape index (κ2) is 22.7. The molecule has 4 aliphatic rings. The zero-order valence-electron chi connectivity index (χ0n) is 42.4. The highest BCUT2D eigenvalue weighted by atomic mass is 16.5. The van der Waals surface area contributed by atoms with E-state index in [1.807, 2.05) is 0 Å². The van der Waals surface area contributed by atoms with Crippen molar-refractivity contribution < 1.29 is 37.9 Å². The Morgan fingerprint density at radius 3 is 0.794 bits per heavy atom. The van der Waals surface area contributed by atoms with Crippen LogP contribution >= 0.6 is 0 Å². The van der Waals surface area contributed by atoms with E-state index in [2.05, 4.69) is 83.6 Å². The maximum absolute atomic E-state index is 6.19. The van der Waals surface area contributed by atoms with Crippen molar-refractivity contribution in [2.75, 3.05) is 83.1 Å². The Balaban J connectivity index is 1.16. The van der Waals surface area contributed by atoms with Crippen LogP contribution in [0.4, 0.5) is 0 Å². The summed E-state index contributed by atoms with van der Waals surface area (Å²) in [4.78, 5) is 0. The van der Waals surface area contributed by atoms with Crippen molar-refractivity contribution in [3.8, 4) is 46.0 Å². The number of nitrogens with one attached hydrogen (secondary N) is 4. The molecule has 0 aliphatic carbocycles. The number of methoxy groups -OCH3 is 8. The smallest absolute Gasteiger partial charge is 0.124 e. The first-order valence-electron chi connectivity index (χ1n) is 25.2. The summed E-state index contributed by atoms with van der Waals surface area (Å²) in [5.41, 5.74) is 9.78. The first kappa shape index (κ1) is 49.5. The molecule has 0 bridgehead atoms. The lowest BCUT2D eigenvalue weighted by Gasteiger charge is -2.44. The Morgan fingerprint density at radius 2 is 0.588 bits per heavy atom. The fraction of sp³-hybridized carbons (Fsp3) is 0.571. The van der Waals surface area contributed by atoms with Crippen LogP contribution in [0.25, 0.3) is 0 Å². The number of rotatable bonds is 21. The Bertz CT molecular complexity index is 2030. The third-order valence-corrected chi connectivity index (χ3v) is 16.1. The van der Waals surface area contributed by atoms with E-state index >= 15 is 0 Å².